The number of aromatic nitrogens is 1. The van der Waals surface area contributed by atoms with Crippen molar-refractivity contribution < 1.29 is 4.79 Å². The molecule has 3 heterocycles. The van der Waals surface area contributed by atoms with Crippen molar-refractivity contribution in [1.82, 2.24) is 10.3 Å². The van der Waals surface area contributed by atoms with Crippen LogP contribution in [0, 0.1) is 13.8 Å². The minimum atomic E-state index is -0.0514. The SMILES string of the molecule is Cc1cc(C)c2c(N)c(C(=O)NC3CCSCC3)sc2n1. The highest BCUT2D eigenvalue weighted by atomic mass is 32.2. The van der Waals surface area contributed by atoms with E-state index in [1.54, 1.807) is 0 Å². The van der Waals surface area contributed by atoms with E-state index in [1.807, 2.05) is 31.7 Å². The van der Waals surface area contributed by atoms with Gasteiger partial charge in [-0.05, 0) is 49.8 Å². The minimum Gasteiger partial charge on any atom is -0.397 e. The van der Waals surface area contributed by atoms with E-state index < -0.39 is 0 Å². The number of hydrogen-bond acceptors (Lipinski definition) is 5. The molecule has 0 aromatic carbocycles. The predicted octanol–water partition coefficient (Wildman–Crippen LogP) is 3.12. The Balaban J connectivity index is 1.91. The molecule has 1 aliphatic heterocycles. The third kappa shape index (κ3) is 2.87. The Labute approximate surface area is 132 Å². The molecule has 0 radical (unpaired) electrons. The first kappa shape index (κ1) is 14.7. The Morgan fingerprint density at radius 1 is 1.38 bits per heavy atom. The van der Waals surface area contributed by atoms with Crippen molar-refractivity contribution in [2.45, 2.75) is 32.7 Å². The molecule has 1 aliphatic rings. The number of hydrogen-bond donors (Lipinski definition) is 2. The van der Waals surface area contributed by atoms with Crippen LogP contribution in [-0.2, 0) is 0 Å². The molecule has 3 rings (SSSR count). The molecule has 0 saturated carbocycles. The number of nitrogen functional groups attached to an aromatic ring is 1. The lowest BCUT2D eigenvalue weighted by atomic mass is 10.1. The Hall–Kier alpha value is -1.27. The number of nitrogens with two attached hydrogens (primary N) is 1. The average molecular weight is 321 g/mol. The van der Waals surface area contributed by atoms with Gasteiger partial charge in [0.2, 0.25) is 0 Å². The molecule has 1 saturated heterocycles. The van der Waals surface area contributed by atoms with E-state index in [2.05, 4.69) is 10.3 Å². The van der Waals surface area contributed by atoms with Crippen molar-refractivity contribution in [3.05, 3.63) is 22.2 Å². The molecule has 3 N–H and O–H groups in total. The molecule has 1 amide bonds. The second kappa shape index (κ2) is 5.85. The van der Waals surface area contributed by atoms with Gasteiger partial charge in [0.15, 0.2) is 0 Å². The van der Waals surface area contributed by atoms with Gasteiger partial charge in [0.1, 0.15) is 9.71 Å². The van der Waals surface area contributed by atoms with E-state index >= 15 is 0 Å². The van der Waals surface area contributed by atoms with Gasteiger partial charge in [0.25, 0.3) is 5.91 Å². The van der Waals surface area contributed by atoms with Gasteiger partial charge in [-0.2, -0.15) is 11.8 Å². The second-order valence-corrected chi connectivity index (χ2v) is 7.69. The van der Waals surface area contributed by atoms with Crippen molar-refractivity contribution in [2.24, 2.45) is 0 Å². The molecule has 0 spiro atoms. The molecule has 4 nitrogen and oxygen atoms in total. The number of aryl methyl sites for hydroxylation is 2. The van der Waals surface area contributed by atoms with Gasteiger partial charge >= 0.3 is 0 Å². The zero-order valence-corrected chi connectivity index (χ0v) is 13.9. The molecule has 21 heavy (non-hydrogen) atoms. The van der Waals surface area contributed by atoms with Gasteiger partial charge in [-0.3, -0.25) is 4.79 Å². The molecule has 2 aromatic rings. The molecular formula is C15H19N3OS2. The number of thioether (sulfide) groups is 1. The molecule has 0 atom stereocenters. The molecule has 2 aromatic heterocycles. The van der Waals surface area contributed by atoms with Gasteiger partial charge in [0, 0.05) is 17.1 Å². The molecular weight excluding hydrogens is 302 g/mol. The number of carbonyl (C=O) groups excluding carboxylic acids is 1. The fraction of sp³-hybridized carbons (Fsp3) is 0.467. The van der Waals surface area contributed by atoms with E-state index in [0.29, 0.717) is 10.6 Å². The summed E-state index contributed by atoms with van der Waals surface area (Å²) in [6.07, 6.45) is 2.08. The van der Waals surface area contributed by atoms with E-state index in [1.165, 1.54) is 11.3 Å². The highest BCUT2D eigenvalue weighted by Crippen LogP contribution is 2.35. The van der Waals surface area contributed by atoms with Crippen LogP contribution in [0.3, 0.4) is 0 Å². The van der Waals surface area contributed by atoms with Crippen LogP contribution in [0.2, 0.25) is 0 Å². The van der Waals surface area contributed by atoms with Crippen LogP contribution in [0.1, 0.15) is 33.8 Å². The van der Waals surface area contributed by atoms with Crippen LogP contribution in [0.25, 0.3) is 10.2 Å². The van der Waals surface area contributed by atoms with Crippen molar-refractivity contribution in [1.29, 1.82) is 0 Å². The van der Waals surface area contributed by atoms with E-state index in [4.69, 9.17) is 5.73 Å². The maximum absolute atomic E-state index is 12.5. The van der Waals surface area contributed by atoms with E-state index in [9.17, 15) is 4.79 Å². The third-order valence-electron chi connectivity index (χ3n) is 3.79. The maximum Gasteiger partial charge on any atom is 0.263 e. The third-order valence-corrected chi connectivity index (χ3v) is 5.93. The van der Waals surface area contributed by atoms with Crippen LogP contribution in [0.4, 0.5) is 5.69 Å². The first-order valence-corrected chi connectivity index (χ1v) is 9.08. The zero-order chi connectivity index (χ0) is 15.0. The number of thiophene rings is 1. The topological polar surface area (TPSA) is 68.0 Å². The predicted molar refractivity (Wildman–Crippen MR) is 91.3 cm³/mol. The smallest absolute Gasteiger partial charge is 0.263 e. The lowest BCUT2D eigenvalue weighted by molar-refractivity contribution is 0.0940. The number of rotatable bonds is 2. The molecule has 1 fully saturated rings. The fourth-order valence-electron chi connectivity index (χ4n) is 2.73. The summed E-state index contributed by atoms with van der Waals surface area (Å²) in [5, 5.41) is 4.05. The van der Waals surface area contributed by atoms with Gasteiger partial charge in [-0.25, -0.2) is 4.98 Å². The summed E-state index contributed by atoms with van der Waals surface area (Å²) in [6.45, 7) is 3.97. The standard InChI is InChI=1S/C15H19N3OS2/c1-8-7-9(2)17-15-11(8)12(16)13(21-15)14(19)18-10-3-5-20-6-4-10/h7,10H,3-6,16H2,1-2H3,(H,18,19). The summed E-state index contributed by atoms with van der Waals surface area (Å²) >= 11 is 3.34. The maximum atomic E-state index is 12.5. The minimum absolute atomic E-state index is 0.0514. The lowest BCUT2D eigenvalue weighted by Gasteiger charge is -2.22. The lowest BCUT2D eigenvalue weighted by Crippen LogP contribution is -2.37. The number of carbonyl (C=O) groups is 1. The number of amides is 1. The fourth-order valence-corrected chi connectivity index (χ4v) is 4.96. The summed E-state index contributed by atoms with van der Waals surface area (Å²) in [5.41, 5.74) is 8.81. The highest BCUT2D eigenvalue weighted by molar-refractivity contribution is 7.99. The molecule has 0 unspecified atom stereocenters. The van der Waals surface area contributed by atoms with E-state index in [0.717, 1.165) is 45.8 Å². The normalized spacial score (nSPS) is 16.3. The number of anilines is 1. The number of fused-ring (bicyclic) bond motifs is 1. The van der Waals surface area contributed by atoms with Crippen LogP contribution in [-0.4, -0.2) is 28.4 Å². The average Bonchev–Trinajstić information content (AvgIpc) is 2.77. The van der Waals surface area contributed by atoms with Gasteiger partial charge in [0.05, 0.1) is 5.69 Å². The summed E-state index contributed by atoms with van der Waals surface area (Å²) in [6, 6.07) is 2.28. The molecule has 0 aliphatic carbocycles. The van der Waals surface area contributed by atoms with Crippen LogP contribution >= 0.6 is 23.1 Å². The second-order valence-electron chi connectivity index (χ2n) is 5.47. The van der Waals surface area contributed by atoms with Crippen molar-refractivity contribution in [2.75, 3.05) is 17.2 Å². The van der Waals surface area contributed by atoms with Crippen LogP contribution in [0.15, 0.2) is 6.07 Å². The number of nitrogens with zero attached hydrogens (tertiary/aromatic N) is 1. The molecule has 112 valence electrons. The van der Waals surface area contributed by atoms with E-state index in [-0.39, 0.29) is 11.9 Å². The first-order chi connectivity index (χ1) is 10.1. The Morgan fingerprint density at radius 2 is 2.10 bits per heavy atom. The summed E-state index contributed by atoms with van der Waals surface area (Å²) in [4.78, 5) is 18.4. The van der Waals surface area contributed by atoms with Crippen molar-refractivity contribution >= 4 is 44.9 Å². The van der Waals surface area contributed by atoms with Crippen molar-refractivity contribution in [3.8, 4) is 0 Å². The van der Waals surface area contributed by atoms with Gasteiger partial charge < -0.3 is 11.1 Å². The monoisotopic (exact) mass is 321 g/mol. The van der Waals surface area contributed by atoms with Gasteiger partial charge in [-0.15, -0.1) is 11.3 Å². The van der Waals surface area contributed by atoms with Gasteiger partial charge in [-0.1, -0.05) is 0 Å². The largest absolute Gasteiger partial charge is 0.397 e. The van der Waals surface area contributed by atoms with Crippen LogP contribution < -0.4 is 11.1 Å². The van der Waals surface area contributed by atoms with Crippen molar-refractivity contribution in [3.63, 3.8) is 0 Å². The quantitative estimate of drug-likeness (QED) is 0.892. The zero-order valence-electron chi connectivity index (χ0n) is 12.2. The summed E-state index contributed by atoms with van der Waals surface area (Å²) in [7, 11) is 0. The molecule has 0 bridgehead atoms. The number of pyridine rings is 1. The Kier molecular flexibility index (Phi) is 4.08. The first-order valence-electron chi connectivity index (χ1n) is 7.11. The molecule has 6 heteroatoms. The Bertz CT molecular complexity index is 690. The summed E-state index contributed by atoms with van der Waals surface area (Å²) in [5.74, 6) is 2.18. The number of nitrogens with one attached hydrogen (secondary N) is 1. The van der Waals surface area contributed by atoms with Crippen LogP contribution in [0.5, 0.6) is 0 Å². The highest BCUT2D eigenvalue weighted by Gasteiger charge is 2.22. The summed E-state index contributed by atoms with van der Waals surface area (Å²) < 4.78 is 0. The Morgan fingerprint density at radius 3 is 2.81 bits per heavy atom.